The normalized spacial score (nSPS) is 21.6. The minimum atomic E-state index is -0.133. The lowest BCUT2D eigenvalue weighted by atomic mass is 10.3. The molecule has 1 aromatic heterocycles. The molecule has 5 nitrogen and oxygen atoms in total. The fourth-order valence-corrected chi connectivity index (χ4v) is 1.56. The average Bonchev–Trinajstić information content (AvgIpc) is 2.45. The summed E-state index contributed by atoms with van der Waals surface area (Å²) in [5.74, 6) is 0.481. The van der Waals surface area contributed by atoms with E-state index in [-0.39, 0.29) is 17.4 Å². The Bertz CT molecular complexity index is 413. The highest BCUT2D eigenvalue weighted by molar-refractivity contribution is 5.95. The molecule has 1 aliphatic heterocycles. The Labute approximate surface area is 80.5 Å². The summed E-state index contributed by atoms with van der Waals surface area (Å²) in [5, 5.41) is 0. The van der Waals surface area contributed by atoms with Crippen molar-refractivity contribution in [2.45, 2.75) is 12.5 Å². The molecule has 14 heavy (non-hydrogen) atoms. The number of anilines is 1. The fourth-order valence-electron chi connectivity index (χ4n) is 1.56. The van der Waals surface area contributed by atoms with Crippen LogP contribution in [0, 0.1) is 0 Å². The maximum atomic E-state index is 11.4. The van der Waals surface area contributed by atoms with E-state index in [2.05, 4.69) is 4.98 Å². The summed E-state index contributed by atoms with van der Waals surface area (Å²) in [7, 11) is 0. The Hall–Kier alpha value is -1.62. The van der Waals surface area contributed by atoms with Crippen molar-refractivity contribution in [3.63, 3.8) is 0 Å². The topological polar surface area (TPSA) is 79.2 Å². The van der Waals surface area contributed by atoms with Crippen molar-refractivity contribution in [2.75, 3.05) is 11.4 Å². The third-order valence-corrected chi connectivity index (χ3v) is 2.20. The zero-order valence-electron chi connectivity index (χ0n) is 7.56. The zero-order chi connectivity index (χ0) is 10.1. The Morgan fingerprint density at radius 1 is 1.50 bits per heavy atom. The van der Waals surface area contributed by atoms with Gasteiger partial charge in [0.1, 0.15) is 5.82 Å². The number of hydrogen-bond acceptors (Lipinski definition) is 3. The van der Waals surface area contributed by atoms with Crippen LogP contribution < -0.4 is 16.1 Å². The van der Waals surface area contributed by atoms with E-state index in [4.69, 9.17) is 5.73 Å². The number of hydrogen-bond donors (Lipinski definition) is 2. The summed E-state index contributed by atoms with van der Waals surface area (Å²) >= 11 is 0. The minimum absolute atomic E-state index is 0.0423. The van der Waals surface area contributed by atoms with E-state index >= 15 is 0 Å². The molecule has 1 amide bonds. The van der Waals surface area contributed by atoms with Crippen LogP contribution in [0.2, 0.25) is 0 Å². The van der Waals surface area contributed by atoms with Gasteiger partial charge in [-0.05, 0) is 0 Å². The summed E-state index contributed by atoms with van der Waals surface area (Å²) in [6.45, 7) is 0.471. The van der Waals surface area contributed by atoms with Gasteiger partial charge in [0.25, 0.3) is 0 Å². The van der Waals surface area contributed by atoms with Crippen molar-refractivity contribution in [2.24, 2.45) is 5.73 Å². The van der Waals surface area contributed by atoms with Crippen molar-refractivity contribution in [1.29, 1.82) is 0 Å². The molecule has 0 bridgehead atoms. The second kappa shape index (κ2) is 3.26. The Morgan fingerprint density at radius 2 is 2.29 bits per heavy atom. The van der Waals surface area contributed by atoms with Gasteiger partial charge in [0.05, 0.1) is 0 Å². The van der Waals surface area contributed by atoms with Gasteiger partial charge in [-0.3, -0.25) is 14.5 Å². The van der Waals surface area contributed by atoms with Gasteiger partial charge in [-0.2, -0.15) is 0 Å². The number of amides is 1. The van der Waals surface area contributed by atoms with Crippen LogP contribution >= 0.6 is 0 Å². The summed E-state index contributed by atoms with van der Waals surface area (Å²) in [6, 6.07) is 2.67. The molecule has 0 saturated carbocycles. The van der Waals surface area contributed by atoms with Crippen LogP contribution in [0.4, 0.5) is 5.82 Å². The number of nitrogens with zero attached hydrogens (tertiary/aromatic N) is 1. The second-order valence-corrected chi connectivity index (χ2v) is 3.38. The van der Waals surface area contributed by atoms with Gasteiger partial charge < -0.3 is 10.7 Å². The van der Waals surface area contributed by atoms with Gasteiger partial charge >= 0.3 is 0 Å². The number of nitrogens with one attached hydrogen (secondary N) is 1. The molecular weight excluding hydrogens is 182 g/mol. The molecule has 1 aromatic rings. The molecule has 3 N–H and O–H groups in total. The van der Waals surface area contributed by atoms with E-state index in [0.29, 0.717) is 18.8 Å². The molecule has 1 atom stereocenters. The highest BCUT2D eigenvalue weighted by Crippen LogP contribution is 2.16. The number of rotatable bonds is 1. The fraction of sp³-hybridized carbons (Fsp3) is 0.333. The summed E-state index contributed by atoms with van der Waals surface area (Å²) in [4.78, 5) is 26.8. The highest BCUT2D eigenvalue weighted by Gasteiger charge is 2.28. The molecule has 1 fully saturated rings. The van der Waals surface area contributed by atoms with Crippen LogP contribution in [0.3, 0.4) is 0 Å². The van der Waals surface area contributed by atoms with Crippen LogP contribution in [0.15, 0.2) is 23.1 Å². The van der Waals surface area contributed by atoms with Gasteiger partial charge in [0.15, 0.2) is 5.43 Å². The lowest BCUT2D eigenvalue weighted by molar-refractivity contribution is -0.117. The first-order chi connectivity index (χ1) is 6.66. The van der Waals surface area contributed by atoms with Gasteiger partial charge in [0.2, 0.25) is 5.91 Å². The molecule has 2 rings (SSSR count). The molecule has 1 unspecified atom stereocenters. The molecule has 1 saturated heterocycles. The van der Waals surface area contributed by atoms with Crippen LogP contribution in [-0.2, 0) is 4.79 Å². The summed E-state index contributed by atoms with van der Waals surface area (Å²) in [6.07, 6.45) is 1.87. The minimum Gasteiger partial charge on any atom is -0.348 e. The standard InChI is InChI=1S/C9H11N3O2/c10-6-3-9(14)12(5-6)8-4-7(13)1-2-11-8/h1-2,4,6H,3,5,10H2,(H,11,13). The van der Waals surface area contributed by atoms with Gasteiger partial charge in [-0.25, -0.2) is 0 Å². The molecule has 1 aliphatic rings. The summed E-state index contributed by atoms with van der Waals surface area (Å²) < 4.78 is 0. The number of aromatic amines is 1. The molecule has 74 valence electrons. The van der Waals surface area contributed by atoms with E-state index in [1.165, 1.54) is 23.2 Å². The van der Waals surface area contributed by atoms with Crippen molar-refractivity contribution in [3.8, 4) is 0 Å². The van der Waals surface area contributed by atoms with Gasteiger partial charge in [-0.1, -0.05) is 0 Å². The smallest absolute Gasteiger partial charge is 0.229 e. The number of nitrogens with two attached hydrogens (primary N) is 1. The van der Waals surface area contributed by atoms with Gasteiger partial charge in [-0.15, -0.1) is 0 Å². The zero-order valence-corrected chi connectivity index (χ0v) is 7.56. The molecule has 0 radical (unpaired) electrons. The molecule has 0 spiro atoms. The molecular formula is C9H11N3O2. The van der Waals surface area contributed by atoms with E-state index in [9.17, 15) is 9.59 Å². The molecule has 0 aromatic carbocycles. The number of pyridine rings is 1. The van der Waals surface area contributed by atoms with E-state index in [1.54, 1.807) is 0 Å². The van der Waals surface area contributed by atoms with Crippen LogP contribution in [0.1, 0.15) is 6.42 Å². The monoisotopic (exact) mass is 193 g/mol. The van der Waals surface area contributed by atoms with Crippen molar-refractivity contribution >= 4 is 11.7 Å². The van der Waals surface area contributed by atoms with Crippen LogP contribution in [0.5, 0.6) is 0 Å². The highest BCUT2D eigenvalue weighted by atomic mass is 16.2. The Balaban J connectivity index is 2.32. The largest absolute Gasteiger partial charge is 0.348 e. The SMILES string of the molecule is NC1CC(=O)N(c2cc(=O)cc[nH]2)C1. The van der Waals surface area contributed by atoms with Crippen molar-refractivity contribution in [1.82, 2.24) is 4.98 Å². The van der Waals surface area contributed by atoms with Gasteiger partial charge in [0, 0.05) is 37.3 Å². The molecule has 0 aliphatic carbocycles. The van der Waals surface area contributed by atoms with E-state index in [0.717, 1.165) is 0 Å². The van der Waals surface area contributed by atoms with E-state index < -0.39 is 0 Å². The number of H-pyrrole nitrogens is 1. The first-order valence-electron chi connectivity index (χ1n) is 4.41. The number of aromatic nitrogens is 1. The molecule has 5 heteroatoms. The van der Waals surface area contributed by atoms with Crippen LogP contribution in [0.25, 0.3) is 0 Å². The summed E-state index contributed by atoms with van der Waals surface area (Å²) in [5.41, 5.74) is 5.52. The second-order valence-electron chi connectivity index (χ2n) is 3.38. The Morgan fingerprint density at radius 3 is 2.86 bits per heavy atom. The maximum absolute atomic E-state index is 11.4. The number of carbonyl (C=O) groups is 1. The Kier molecular flexibility index (Phi) is 2.09. The average molecular weight is 193 g/mol. The third kappa shape index (κ3) is 1.54. The first-order valence-corrected chi connectivity index (χ1v) is 4.41. The molecule has 2 heterocycles. The third-order valence-electron chi connectivity index (χ3n) is 2.20. The van der Waals surface area contributed by atoms with Crippen molar-refractivity contribution < 1.29 is 4.79 Å². The number of carbonyl (C=O) groups excluding carboxylic acids is 1. The quantitative estimate of drug-likeness (QED) is 0.627. The van der Waals surface area contributed by atoms with E-state index in [1.807, 2.05) is 0 Å². The predicted molar refractivity (Wildman–Crippen MR) is 52.0 cm³/mol. The first kappa shape index (κ1) is 8.96. The lowest BCUT2D eigenvalue weighted by Crippen LogP contribution is -2.29. The predicted octanol–water partition coefficient (Wildman–Crippen LogP) is -0.561. The van der Waals surface area contributed by atoms with Crippen LogP contribution in [-0.4, -0.2) is 23.5 Å². The van der Waals surface area contributed by atoms with Crippen molar-refractivity contribution in [3.05, 3.63) is 28.6 Å². The lowest BCUT2D eigenvalue weighted by Gasteiger charge is -2.14. The maximum Gasteiger partial charge on any atom is 0.229 e.